The molecule has 0 unspecified atom stereocenters. The van der Waals surface area contributed by atoms with Crippen LogP contribution in [0, 0.1) is 6.92 Å². The van der Waals surface area contributed by atoms with E-state index in [4.69, 9.17) is 9.92 Å². The van der Waals surface area contributed by atoms with Crippen LogP contribution in [0.15, 0.2) is 101 Å². The van der Waals surface area contributed by atoms with Crippen molar-refractivity contribution in [2.24, 2.45) is 10.2 Å². The summed E-state index contributed by atoms with van der Waals surface area (Å²) in [5.74, 6) is -1.83. The third-order valence-electron chi connectivity index (χ3n) is 7.08. The molecular formula is C27H21N3O16S5. The van der Waals surface area contributed by atoms with Gasteiger partial charge < -0.3 is 15.0 Å². The minimum atomic E-state index is -5.47. The van der Waals surface area contributed by atoms with Gasteiger partial charge >= 0.3 is 10.1 Å². The number of aromatic hydroxyl groups is 1. The molecule has 0 radical (unpaired) electrons. The minimum absolute atomic E-state index is 0.392. The molecule has 5 aromatic carbocycles. The van der Waals surface area contributed by atoms with E-state index in [1.165, 1.54) is 24.3 Å². The van der Waals surface area contributed by atoms with Crippen molar-refractivity contribution in [3.63, 3.8) is 0 Å². The molecule has 7 N–H and O–H groups in total. The number of nitrogen functional groups attached to an aromatic ring is 1. The largest absolute Gasteiger partial charge is 0.507 e. The molecule has 0 aliphatic carbocycles. The Balaban J connectivity index is 1.78. The van der Waals surface area contributed by atoms with Gasteiger partial charge in [-0.3, -0.25) is 18.2 Å². The summed E-state index contributed by atoms with van der Waals surface area (Å²) in [6.07, 6.45) is 0. The fourth-order valence-corrected chi connectivity index (χ4v) is 8.32. The number of anilines is 1. The molecule has 0 spiro atoms. The van der Waals surface area contributed by atoms with E-state index in [0.29, 0.717) is 35.9 Å². The number of benzene rings is 5. The lowest BCUT2D eigenvalue weighted by molar-refractivity contribution is 0.470. The van der Waals surface area contributed by atoms with Gasteiger partial charge in [0.05, 0.1) is 20.9 Å². The number of aryl methyl sites for hydroxylation is 1. The van der Waals surface area contributed by atoms with E-state index < -0.39 is 125 Å². The number of phenols is 1. The molecule has 51 heavy (non-hydrogen) atoms. The van der Waals surface area contributed by atoms with Gasteiger partial charge in [0.1, 0.15) is 31.8 Å². The quantitative estimate of drug-likeness (QED) is 0.0534. The van der Waals surface area contributed by atoms with Crippen LogP contribution < -0.4 is 9.92 Å². The fraction of sp³-hybridized carbons (Fsp3) is 0.0370. The molecule has 0 amide bonds. The van der Waals surface area contributed by atoms with Crippen LogP contribution in [0.4, 0.5) is 17.1 Å². The number of hydrogen-bond donors (Lipinski definition) is 6. The summed E-state index contributed by atoms with van der Waals surface area (Å²) in [4.78, 5) is -4.79. The maximum Gasteiger partial charge on any atom is 0.339 e. The minimum Gasteiger partial charge on any atom is -0.507 e. The molecule has 0 fully saturated rings. The van der Waals surface area contributed by atoms with Crippen molar-refractivity contribution in [2.75, 3.05) is 5.73 Å². The predicted octanol–water partition coefficient (Wildman–Crippen LogP) is 3.76. The van der Waals surface area contributed by atoms with Crippen LogP contribution in [-0.4, -0.2) is 65.4 Å². The Labute approximate surface area is 288 Å². The number of nitrogens with two attached hydrogens (primary N) is 1. The summed E-state index contributed by atoms with van der Waals surface area (Å²) in [6.45, 7) is 1.67. The molecule has 0 aliphatic rings. The average molecular weight is 804 g/mol. The third-order valence-corrected chi connectivity index (χ3v) is 11.8. The van der Waals surface area contributed by atoms with Gasteiger partial charge in [-0.25, -0.2) is 0 Å². The van der Waals surface area contributed by atoms with Crippen LogP contribution in [0.3, 0.4) is 0 Å². The topological polar surface area (TPSA) is 332 Å². The van der Waals surface area contributed by atoms with Crippen molar-refractivity contribution in [2.45, 2.75) is 31.4 Å². The summed E-state index contributed by atoms with van der Waals surface area (Å²) < 4.78 is 168. The van der Waals surface area contributed by atoms with Crippen molar-refractivity contribution in [3.8, 4) is 11.5 Å². The van der Waals surface area contributed by atoms with Crippen LogP contribution in [0.2, 0.25) is 0 Å². The zero-order valence-corrected chi connectivity index (χ0v) is 29.2. The van der Waals surface area contributed by atoms with E-state index >= 15 is 0 Å². The summed E-state index contributed by atoms with van der Waals surface area (Å²) in [7, 11) is -25.7. The number of nitrogens with zero attached hydrogens (tertiary/aromatic N) is 2. The second-order valence-corrected chi connectivity index (χ2v) is 17.7. The van der Waals surface area contributed by atoms with Crippen LogP contribution in [-0.2, 0) is 50.6 Å². The Morgan fingerprint density at radius 2 is 1.14 bits per heavy atom. The lowest BCUT2D eigenvalue weighted by Gasteiger charge is -2.14. The molecule has 0 bridgehead atoms. The number of fused-ring (bicyclic) bond motifs is 2. The van der Waals surface area contributed by atoms with Crippen LogP contribution in [0.5, 0.6) is 11.5 Å². The number of rotatable bonds is 9. The number of azo groups is 1. The predicted molar refractivity (Wildman–Crippen MR) is 176 cm³/mol. The Hall–Kier alpha value is -4.79. The normalized spacial score (nSPS) is 13.3. The Bertz CT molecular complexity index is 2910. The zero-order chi connectivity index (χ0) is 38.1. The van der Waals surface area contributed by atoms with E-state index in [9.17, 15) is 65.4 Å². The van der Waals surface area contributed by atoms with Crippen molar-refractivity contribution in [3.05, 3.63) is 72.3 Å². The molecular weight excluding hydrogens is 783 g/mol. The van der Waals surface area contributed by atoms with Crippen molar-refractivity contribution in [1.29, 1.82) is 0 Å². The van der Waals surface area contributed by atoms with E-state index in [-0.39, 0.29) is 0 Å². The molecule has 5 rings (SSSR count). The molecule has 0 atom stereocenters. The van der Waals surface area contributed by atoms with E-state index in [1.807, 2.05) is 0 Å². The van der Waals surface area contributed by atoms with Crippen LogP contribution in [0.1, 0.15) is 5.56 Å². The van der Waals surface area contributed by atoms with Crippen molar-refractivity contribution < 1.29 is 69.6 Å². The van der Waals surface area contributed by atoms with Gasteiger partial charge in [-0.15, -0.1) is 10.2 Å². The van der Waals surface area contributed by atoms with Crippen molar-refractivity contribution in [1.82, 2.24) is 0 Å². The standard InChI is InChI=1S/C27H21N3O16S5/c1-13-2-4-14(5-3-13)51(44,45)46-23-11-16(48(35,36)37)8-18-17(23)6-7-20(27(18)50(41,42)43)29-30-21-12-24(49(38,39)40)19-9-15(47(32,33)34)10-22(31)25(19)26(21)28/h2-12,31H,28H2,1H3,(H,32,33,34)(H,35,36,37)(H,38,39,40)(H,41,42,43). The molecule has 0 aliphatic heterocycles. The molecule has 24 heteroatoms. The molecule has 19 nitrogen and oxygen atoms in total. The fourth-order valence-electron chi connectivity index (χ4n) is 4.81. The van der Waals surface area contributed by atoms with Gasteiger partial charge in [-0.1, -0.05) is 17.7 Å². The van der Waals surface area contributed by atoms with Gasteiger partial charge in [-0.05, 0) is 49.4 Å². The molecule has 0 saturated heterocycles. The second-order valence-electron chi connectivity index (χ2n) is 10.6. The summed E-state index contributed by atoms with van der Waals surface area (Å²) in [5.41, 5.74) is 4.57. The third kappa shape index (κ3) is 7.48. The van der Waals surface area contributed by atoms with Gasteiger partial charge in [-0.2, -0.15) is 42.1 Å². The maximum absolute atomic E-state index is 13.1. The van der Waals surface area contributed by atoms with Gasteiger partial charge in [0.15, 0.2) is 5.75 Å². The molecule has 0 heterocycles. The highest BCUT2D eigenvalue weighted by atomic mass is 32.2. The molecule has 270 valence electrons. The van der Waals surface area contributed by atoms with Crippen LogP contribution >= 0.6 is 0 Å². The first-order valence-electron chi connectivity index (χ1n) is 13.3. The maximum atomic E-state index is 13.1. The smallest absolute Gasteiger partial charge is 0.339 e. The molecule has 0 aromatic heterocycles. The first-order chi connectivity index (χ1) is 23.3. The van der Waals surface area contributed by atoms with E-state index in [1.54, 1.807) is 6.92 Å². The van der Waals surface area contributed by atoms with Crippen molar-refractivity contribution >= 4 is 89.2 Å². The Morgan fingerprint density at radius 3 is 1.69 bits per heavy atom. The number of hydrogen-bond acceptors (Lipinski definition) is 15. The van der Waals surface area contributed by atoms with E-state index in [2.05, 4.69) is 10.2 Å². The zero-order valence-electron chi connectivity index (χ0n) is 25.1. The van der Waals surface area contributed by atoms with Gasteiger partial charge in [0, 0.05) is 28.3 Å². The highest BCUT2D eigenvalue weighted by molar-refractivity contribution is 7.87. The van der Waals surface area contributed by atoms with Gasteiger partial charge in [0.25, 0.3) is 40.5 Å². The SMILES string of the molecule is Cc1ccc(S(=O)(=O)Oc2cc(S(=O)(=O)O)cc3c(S(=O)(=O)O)c(N=Nc4cc(S(=O)(=O)O)c5cc(S(=O)(=O)O)cc(O)c5c4N)ccc23)cc1. The van der Waals surface area contributed by atoms with E-state index in [0.717, 1.165) is 12.1 Å². The Kier molecular flexibility index (Phi) is 9.15. The highest BCUT2D eigenvalue weighted by Crippen LogP contribution is 2.44. The van der Waals surface area contributed by atoms with Crippen LogP contribution in [0.25, 0.3) is 21.5 Å². The lowest BCUT2D eigenvalue weighted by atomic mass is 10.1. The lowest BCUT2D eigenvalue weighted by Crippen LogP contribution is -2.11. The summed E-state index contributed by atoms with van der Waals surface area (Å²) >= 11 is 0. The number of phenolic OH excluding ortho intramolecular Hbond substituents is 1. The molecule has 0 saturated carbocycles. The van der Waals surface area contributed by atoms with Gasteiger partial charge in [0.2, 0.25) is 0 Å². The Morgan fingerprint density at radius 1 is 0.588 bits per heavy atom. The highest BCUT2D eigenvalue weighted by Gasteiger charge is 2.28. The second kappa shape index (κ2) is 12.5. The summed E-state index contributed by atoms with van der Waals surface area (Å²) in [6, 6.07) is 9.72. The monoisotopic (exact) mass is 803 g/mol. The first-order valence-corrected chi connectivity index (χ1v) is 20.5. The average Bonchev–Trinajstić information content (AvgIpc) is 2.98. The summed E-state index contributed by atoms with van der Waals surface area (Å²) in [5, 5.41) is 15.3. The first kappa shape index (κ1) is 37.5. The molecule has 5 aromatic rings.